The Morgan fingerprint density at radius 1 is 1.19 bits per heavy atom. The molecule has 3 rings (SSSR count). The number of carbonyl (C=O) groups excluding carboxylic acids is 2. The Bertz CT molecular complexity index is 958. The highest BCUT2D eigenvalue weighted by Gasteiger charge is 2.11. The number of hydrogen-bond acceptors (Lipinski definition) is 5. The molecular weight excluding hydrogens is 368 g/mol. The van der Waals surface area contributed by atoms with Gasteiger partial charge in [-0.05, 0) is 36.4 Å². The van der Waals surface area contributed by atoms with E-state index in [2.05, 4.69) is 26.0 Å². The fraction of sp³-hybridized carbons (Fsp3) is 0.111. The predicted molar refractivity (Wildman–Crippen MR) is 103 cm³/mol. The number of nitrogens with zero attached hydrogens (tertiary/aromatic N) is 3. The van der Waals surface area contributed by atoms with Crippen LogP contribution in [0.25, 0.3) is 5.69 Å². The summed E-state index contributed by atoms with van der Waals surface area (Å²) in [7, 11) is 1.56. The Labute approximate surface area is 160 Å². The summed E-state index contributed by atoms with van der Waals surface area (Å²) >= 11 is 6.05. The van der Waals surface area contributed by atoms with Crippen molar-refractivity contribution in [3.8, 4) is 5.69 Å². The number of aromatic nitrogens is 3. The Hall–Kier alpha value is -3.39. The predicted octanol–water partition coefficient (Wildman–Crippen LogP) is 2.33. The van der Waals surface area contributed by atoms with Gasteiger partial charge in [0.2, 0.25) is 5.91 Å². The number of anilines is 2. The summed E-state index contributed by atoms with van der Waals surface area (Å²) in [5.41, 5.74) is 2.32. The Kier molecular flexibility index (Phi) is 5.68. The molecule has 0 bridgehead atoms. The Balaban J connectivity index is 1.68. The second-order valence-electron chi connectivity index (χ2n) is 5.56. The van der Waals surface area contributed by atoms with Crippen LogP contribution in [0.3, 0.4) is 0 Å². The third-order valence-electron chi connectivity index (χ3n) is 3.70. The van der Waals surface area contributed by atoms with Gasteiger partial charge in [0.25, 0.3) is 5.91 Å². The van der Waals surface area contributed by atoms with Gasteiger partial charge in [-0.15, -0.1) is 0 Å². The van der Waals surface area contributed by atoms with E-state index in [1.165, 1.54) is 17.3 Å². The second kappa shape index (κ2) is 8.33. The van der Waals surface area contributed by atoms with Gasteiger partial charge in [0, 0.05) is 23.3 Å². The van der Waals surface area contributed by atoms with Crippen LogP contribution in [0.1, 0.15) is 10.4 Å². The van der Waals surface area contributed by atoms with E-state index in [-0.39, 0.29) is 18.4 Å². The molecule has 0 spiro atoms. The van der Waals surface area contributed by atoms with Gasteiger partial charge in [-0.1, -0.05) is 17.7 Å². The third-order valence-corrected chi connectivity index (χ3v) is 3.94. The first-order valence-corrected chi connectivity index (χ1v) is 8.45. The minimum absolute atomic E-state index is 0.0144. The van der Waals surface area contributed by atoms with Crippen LogP contribution in [0, 0.1) is 0 Å². The summed E-state index contributed by atoms with van der Waals surface area (Å²) in [5.74, 6) is -0.469. The fourth-order valence-electron chi connectivity index (χ4n) is 2.43. The first-order valence-electron chi connectivity index (χ1n) is 8.07. The van der Waals surface area contributed by atoms with Gasteiger partial charge >= 0.3 is 0 Å². The van der Waals surface area contributed by atoms with Crippen LogP contribution in [0.5, 0.6) is 0 Å². The largest absolute Gasteiger partial charge is 0.376 e. The van der Waals surface area contributed by atoms with Gasteiger partial charge in [-0.3, -0.25) is 9.59 Å². The lowest BCUT2D eigenvalue weighted by atomic mass is 10.2. The first kappa shape index (κ1) is 18.4. The van der Waals surface area contributed by atoms with Gasteiger partial charge < -0.3 is 16.0 Å². The molecule has 3 N–H and O–H groups in total. The van der Waals surface area contributed by atoms with Gasteiger partial charge in [0.05, 0.1) is 17.9 Å². The molecule has 0 aliphatic rings. The smallest absolute Gasteiger partial charge is 0.251 e. The molecule has 8 nitrogen and oxygen atoms in total. The van der Waals surface area contributed by atoms with E-state index in [9.17, 15) is 9.59 Å². The summed E-state index contributed by atoms with van der Waals surface area (Å²) in [6.45, 7) is 0.0144. The lowest BCUT2D eigenvalue weighted by Gasteiger charge is -2.12. The normalized spacial score (nSPS) is 10.3. The molecule has 2 aromatic carbocycles. The van der Waals surface area contributed by atoms with Gasteiger partial charge in [-0.25, -0.2) is 9.67 Å². The first-order chi connectivity index (χ1) is 13.1. The van der Waals surface area contributed by atoms with Gasteiger partial charge in [0.15, 0.2) is 0 Å². The Morgan fingerprint density at radius 2 is 2.04 bits per heavy atom. The zero-order valence-electron chi connectivity index (χ0n) is 14.4. The molecular formula is C18H17ClN6O2. The zero-order valence-corrected chi connectivity index (χ0v) is 15.2. The molecule has 3 aromatic rings. The summed E-state index contributed by atoms with van der Waals surface area (Å²) in [5, 5.41) is 12.9. The maximum atomic E-state index is 12.4. The van der Waals surface area contributed by atoms with Crippen molar-refractivity contribution < 1.29 is 9.59 Å². The molecule has 2 amide bonds. The zero-order chi connectivity index (χ0) is 19.2. The summed E-state index contributed by atoms with van der Waals surface area (Å²) < 4.78 is 1.53. The molecule has 1 aromatic heterocycles. The van der Waals surface area contributed by atoms with Gasteiger partial charge in [0.1, 0.15) is 12.7 Å². The molecule has 0 atom stereocenters. The van der Waals surface area contributed by atoms with Crippen molar-refractivity contribution in [1.82, 2.24) is 20.1 Å². The highest BCUT2D eigenvalue weighted by atomic mass is 35.5. The van der Waals surface area contributed by atoms with Crippen molar-refractivity contribution in [2.24, 2.45) is 0 Å². The van der Waals surface area contributed by atoms with Crippen LogP contribution in [0.4, 0.5) is 11.4 Å². The monoisotopic (exact) mass is 384 g/mol. The molecule has 1 heterocycles. The van der Waals surface area contributed by atoms with E-state index >= 15 is 0 Å². The molecule has 27 heavy (non-hydrogen) atoms. The molecule has 0 fully saturated rings. The van der Waals surface area contributed by atoms with Crippen molar-refractivity contribution in [3.05, 3.63) is 65.7 Å². The van der Waals surface area contributed by atoms with Crippen molar-refractivity contribution in [3.63, 3.8) is 0 Å². The quantitative estimate of drug-likeness (QED) is 0.605. The summed E-state index contributed by atoms with van der Waals surface area (Å²) in [4.78, 5) is 27.9. The highest BCUT2D eigenvalue weighted by Crippen LogP contribution is 2.24. The number of rotatable bonds is 6. The minimum Gasteiger partial charge on any atom is -0.376 e. The number of nitrogens with one attached hydrogen (secondary N) is 3. The standard InChI is InChI=1S/C18H17ClN6O2/c1-20-18(27)12-3-2-4-14(7-12)22-9-17(26)24-15-8-13(19)5-6-16(15)25-11-21-10-23-25/h2-8,10-11,22H,9H2,1H3,(H,20,27)(H,24,26). The fourth-order valence-corrected chi connectivity index (χ4v) is 2.60. The van der Waals surface area contributed by atoms with E-state index in [0.29, 0.717) is 27.6 Å². The van der Waals surface area contributed by atoms with E-state index in [1.807, 2.05) is 0 Å². The lowest BCUT2D eigenvalue weighted by molar-refractivity contribution is -0.114. The molecule has 0 unspecified atom stereocenters. The second-order valence-corrected chi connectivity index (χ2v) is 6.00. The Morgan fingerprint density at radius 3 is 2.78 bits per heavy atom. The van der Waals surface area contributed by atoms with Crippen LogP contribution < -0.4 is 16.0 Å². The van der Waals surface area contributed by atoms with E-state index < -0.39 is 0 Å². The van der Waals surface area contributed by atoms with E-state index in [1.54, 1.807) is 49.5 Å². The van der Waals surface area contributed by atoms with Crippen LogP contribution in [0.2, 0.25) is 5.02 Å². The van der Waals surface area contributed by atoms with E-state index in [0.717, 1.165) is 0 Å². The molecule has 138 valence electrons. The van der Waals surface area contributed by atoms with Crippen LogP contribution in [-0.2, 0) is 4.79 Å². The SMILES string of the molecule is CNC(=O)c1cccc(NCC(=O)Nc2cc(Cl)ccc2-n2cncn2)c1. The third kappa shape index (κ3) is 4.62. The maximum Gasteiger partial charge on any atom is 0.251 e. The highest BCUT2D eigenvalue weighted by molar-refractivity contribution is 6.31. The van der Waals surface area contributed by atoms with E-state index in [4.69, 9.17) is 11.6 Å². The topological polar surface area (TPSA) is 101 Å². The molecule has 0 saturated carbocycles. The number of carbonyl (C=O) groups is 2. The average Bonchev–Trinajstić information content (AvgIpc) is 3.20. The maximum absolute atomic E-state index is 12.4. The number of benzene rings is 2. The van der Waals surface area contributed by atoms with Crippen molar-refractivity contribution in [1.29, 1.82) is 0 Å². The lowest BCUT2D eigenvalue weighted by Crippen LogP contribution is -2.23. The van der Waals surface area contributed by atoms with Crippen LogP contribution in [-0.4, -0.2) is 40.2 Å². The molecule has 0 aliphatic carbocycles. The summed E-state index contributed by atoms with van der Waals surface area (Å²) in [6, 6.07) is 12.0. The van der Waals surface area contributed by atoms with Crippen LogP contribution >= 0.6 is 11.6 Å². The van der Waals surface area contributed by atoms with Crippen LogP contribution in [0.15, 0.2) is 55.1 Å². The number of amides is 2. The van der Waals surface area contributed by atoms with Gasteiger partial charge in [-0.2, -0.15) is 5.10 Å². The molecule has 0 radical (unpaired) electrons. The summed E-state index contributed by atoms with van der Waals surface area (Å²) in [6.07, 6.45) is 2.93. The average molecular weight is 385 g/mol. The van der Waals surface area contributed by atoms with Crippen molar-refractivity contribution >= 4 is 34.8 Å². The van der Waals surface area contributed by atoms with Crippen molar-refractivity contribution in [2.75, 3.05) is 24.2 Å². The molecule has 0 aliphatic heterocycles. The minimum atomic E-state index is -0.274. The molecule has 0 saturated heterocycles. The number of halogens is 1. The number of hydrogen-bond donors (Lipinski definition) is 3. The molecule has 9 heteroatoms. The van der Waals surface area contributed by atoms with Crippen molar-refractivity contribution in [2.45, 2.75) is 0 Å².